The molecule has 0 bridgehead atoms. The topological polar surface area (TPSA) is 92.7 Å². The molecule has 1 aliphatic heterocycles. The van der Waals surface area contributed by atoms with Crippen LogP contribution in [0, 0.1) is 27.7 Å². The van der Waals surface area contributed by atoms with E-state index < -0.39 is 0 Å². The van der Waals surface area contributed by atoms with E-state index in [1.807, 2.05) is 86.8 Å². The maximum Gasteiger partial charge on any atom is 0.337 e. The summed E-state index contributed by atoms with van der Waals surface area (Å²) in [5.41, 5.74) is 9.38. The second-order valence-corrected chi connectivity index (χ2v) is 13.4. The molecular weight excluding hydrogens is 661 g/mol. The highest BCUT2D eigenvalue weighted by Gasteiger charge is 2.29. The van der Waals surface area contributed by atoms with Crippen molar-refractivity contribution < 1.29 is 19.1 Å². The zero-order valence-corrected chi connectivity index (χ0v) is 30.3. The number of esters is 1. The van der Waals surface area contributed by atoms with Crippen LogP contribution < -0.4 is 9.64 Å². The van der Waals surface area contributed by atoms with E-state index in [2.05, 4.69) is 15.0 Å². The van der Waals surface area contributed by atoms with Crippen LogP contribution in [-0.4, -0.2) is 71.4 Å². The van der Waals surface area contributed by atoms with Gasteiger partial charge in [-0.1, -0.05) is 35.3 Å². The van der Waals surface area contributed by atoms with Crippen molar-refractivity contribution in [2.45, 2.75) is 40.5 Å². The lowest BCUT2D eigenvalue weighted by molar-refractivity contribution is 0.0600. The Balaban J connectivity index is 1.29. The molecule has 1 saturated heterocycles. The SMILES string of the molecule is COC(=O)c1cccc(N2CCN(C(=O)c3[nH]c4c(-c5c(C)nn(C)c5C)c(Cl)ccc4c3CCCOc3cc(C)c(Cl)c(C)c3)CC2)c1. The lowest BCUT2D eigenvalue weighted by Crippen LogP contribution is -2.49. The second kappa shape index (κ2) is 14.2. The summed E-state index contributed by atoms with van der Waals surface area (Å²) in [6.45, 7) is 10.7. The largest absolute Gasteiger partial charge is 0.494 e. The lowest BCUT2D eigenvalue weighted by atomic mass is 9.98. The molecule has 1 fully saturated rings. The average molecular weight is 703 g/mol. The quantitative estimate of drug-likeness (QED) is 0.124. The minimum absolute atomic E-state index is 0.0549. The number of fused-ring (bicyclic) bond motifs is 1. The van der Waals surface area contributed by atoms with Crippen molar-refractivity contribution in [3.63, 3.8) is 0 Å². The number of amides is 1. The van der Waals surface area contributed by atoms with E-state index in [9.17, 15) is 9.59 Å². The summed E-state index contributed by atoms with van der Waals surface area (Å²) >= 11 is 13.3. The number of carbonyl (C=O) groups excluding carboxylic acids is 2. The van der Waals surface area contributed by atoms with Crippen molar-refractivity contribution >= 4 is 51.7 Å². The number of rotatable bonds is 9. The van der Waals surface area contributed by atoms with E-state index in [4.69, 9.17) is 32.7 Å². The first-order chi connectivity index (χ1) is 23.5. The van der Waals surface area contributed by atoms with Gasteiger partial charge in [0.25, 0.3) is 5.91 Å². The van der Waals surface area contributed by atoms with E-state index in [1.54, 1.807) is 6.07 Å². The van der Waals surface area contributed by atoms with E-state index in [0.29, 0.717) is 61.9 Å². The molecular formula is C38H41Cl2N5O4. The maximum atomic E-state index is 14.4. The van der Waals surface area contributed by atoms with Crippen molar-refractivity contribution in [1.29, 1.82) is 0 Å². The Hall–Kier alpha value is -4.47. The second-order valence-electron chi connectivity index (χ2n) is 12.6. The summed E-state index contributed by atoms with van der Waals surface area (Å²) in [6.07, 6.45) is 1.32. The number of nitrogens with zero attached hydrogens (tertiary/aromatic N) is 4. The summed E-state index contributed by atoms with van der Waals surface area (Å²) in [5, 5.41) is 6.95. The number of anilines is 1. The van der Waals surface area contributed by atoms with Gasteiger partial charge in [-0.15, -0.1) is 0 Å². The van der Waals surface area contributed by atoms with Crippen LogP contribution in [0.2, 0.25) is 10.0 Å². The van der Waals surface area contributed by atoms with Gasteiger partial charge in [-0.3, -0.25) is 9.48 Å². The number of aryl methyl sites for hydroxylation is 5. The van der Waals surface area contributed by atoms with E-state index >= 15 is 0 Å². The third-order valence-corrected chi connectivity index (χ3v) is 10.4. The molecule has 1 amide bonds. The Bertz CT molecular complexity index is 2040. The third-order valence-electron chi connectivity index (χ3n) is 9.45. The molecule has 0 atom stereocenters. The Morgan fingerprint density at radius 3 is 2.31 bits per heavy atom. The highest BCUT2D eigenvalue weighted by Crippen LogP contribution is 2.40. The molecule has 6 rings (SSSR count). The zero-order valence-electron chi connectivity index (χ0n) is 28.7. The molecule has 2 aromatic heterocycles. The van der Waals surface area contributed by atoms with Crippen molar-refractivity contribution in [3.05, 3.63) is 97.9 Å². The predicted molar refractivity (Wildman–Crippen MR) is 196 cm³/mol. The Labute approximate surface area is 296 Å². The van der Waals surface area contributed by atoms with Crippen molar-refractivity contribution in [2.24, 2.45) is 7.05 Å². The molecule has 9 nitrogen and oxygen atoms in total. The van der Waals surface area contributed by atoms with Gasteiger partial charge in [0.2, 0.25) is 0 Å². The summed E-state index contributed by atoms with van der Waals surface area (Å²) in [6, 6.07) is 15.2. The smallest absolute Gasteiger partial charge is 0.337 e. The fraction of sp³-hybridized carbons (Fsp3) is 0.342. The number of ether oxygens (including phenoxy) is 2. The first-order valence-corrected chi connectivity index (χ1v) is 17.2. The summed E-state index contributed by atoms with van der Waals surface area (Å²) < 4.78 is 12.9. The Kier molecular flexibility index (Phi) is 9.95. The van der Waals surface area contributed by atoms with E-state index in [-0.39, 0.29) is 11.9 Å². The number of carbonyl (C=O) groups is 2. The highest BCUT2D eigenvalue weighted by molar-refractivity contribution is 6.35. The molecule has 0 radical (unpaired) electrons. The van der Waals surface area contributed by atoms with Gasteiger partial charge in [-0.25, -0.2) is 4.79 Å². The third kappa shape index (κ3) is 6.74. The van der Waals surface area contributed by atoms with Crippen molar-refractivity contribution in [3.8, 4) is 16.9 Å². The molecule has 5 aromatic rings. The Morgan fingerprint density at radius 1 is 0.939 bits per heavy atom. The minimum Gasteiger partial charge on any atom is -0.494 e. The van der Waals surface area contributed by atoms with Crippen molar-refractivity contribution in [2.75, 3.05) is 44.8 Å². The average Bonchev–Trinajstić information content (AvgIpc) is 3.59. The maximum absolute atomic E-state index is 14.4. The standard InChI is InChI=1S/C38H41Cl2N5O4/c1-22-19-28(20-23(2)34(22)40)49-18-8-11-29-30-12-13-31(39)33(32-24(3)42-43(5)25(32)4)35(30)41-36(29)37(46)45-16-14-44(15-17-45)27-10-7-9-26(21-27)38(47)48-6/h7,9-10,12-13,19-21,41H,8,11,14-18H2,1-6H3. The number of halogens is 2. The number of aromatic nitrogens is 3. The Morgan fingerprint density at radius 2 is 1.65 bits per heavy atom. The van der Waals surface area contributed by atoms with Gasteiger partial charge in [-0.2, -0.15) is 5.10 Å². The van der Waals surface area contributed by atoms with E-state index in [1.165, 1.54) is 7.11 Å². The van der Waals surface area contributed by atoms with Gasteiger partial charge >= 0.3 is 5.97 Å². The molecule has 3 aromatic carbocycles. The first-order valence-electron chi connectivity index (χ1n) is 16.4. The molecule has 0 aliphatic carbocycles. The van der Waals surface area contributed by atoms with E-state index in [0.717, 1.165) is 66.6 Å². The van der Waals surface area contributed by atoms with Crippen LogP contribution in [0.1, 0.15) is 55.3 Å². The van der Waals surface area contributed by atoms with Crippen LogP contribution in [-0.2, 0) is 18.2 Å². The fourth-order valence-electron chi connectivity index (χ4n) is 6.82. The number of nitrogens with one attached hydrogen (secondary N) is 1. The summed E-state index contributed by atoms with van der Waals surface area (Å²) in [4.78, 5) is 34.1. The molecule has 49 heavy (non-hydrogen) atoms. The van der Waals surface area contributed by atoms with Gasteiger partial charge in [0.15, 0.2) is 0 Å². The van der Waals surface area contributed by atoms with Gasteiger partial charge in [0, 0.05) is 66.1 Å². The van der Waals surface area contributed by atoms with Gasteiger partial charge in [-0.05, 0) is 93.6 Å². The molecule has 11 heteroatoms. The normalized spacial score (nSPS) is 13.3. The molecule has 3 heterocycles. The van der Waals surface area contributed by atoms with Crippen LogP contribution in [0.4, 0.5) is 5.69 Å². The minimum atomic E-state index is -0.373. The number of H-pyrrole nitrogens is 1. The number of methoxy groups -OCH3 is 1. The molecule has 0 spiro atoms. The lowest BCUT2D eigenvalue weighted by Gasteiger charge is -2.36. The van der Waals surface area contributed by atoms with Crippen molar-refractivity contribution in [1.82, 2.24) is 19.7 Å². The summed E-state index contributed by atoms with van der Waals surface area (Å²) in [5.74, 6) is 0.351. The van der Waals surface area contributed by atoms with Crippen LogP contribution in [0.5, 0.6) is 5.75 Å². The number of benzene rings is 3. The van der Waals surface area contributed by atoms with Gasteiger partial charge in [0.1, 0.15) is 11.4 Å². The molecule has 0 unspecified atom stereocenters. The number of aromatic amines is 1. The highest BCUT2D eigenvalue weighted by atomic mass is 35.5. The molecule has 256 valence electrons. The number of hydrogen-bond donors (Lipinski definition) is 1. The van der Waals surface area contributed by atoms with Crippen LogP contribution in [0.3, 0.4) is 0 Å². The van der Waals surface area contributed by atoms with Gasteiger partial charge in [0.05, 0.1) is 35.5 Å². The van der Waals surface area contributed by atoms with Crippen LogP contribution in [0.25, 0.3) is 22.0 Å². The number of hydrogen-bond acceptors (Lipinski definition) is 6. The molecule has 1 N–H and O–H groups in total. The van der Waals surface area contributed by atoms with Gasteiger partial charge < -0.3 is 24.3 Å². The first kappa shape index (κ1) is 34.4. The zero-order chi connectivity index (χ0) is 35.0. The number of piperazine rings is 1. The van der Waals surface area contributed by atoms with Crippen LogP contribution >= 0.6 is 23.2 Å². The molecule has 1 aliphatic rings. The monoisotopic (exact) mass is 701 g/mol. The summed E-state index contributed by atoms with van der Waals surface area (Å²) in [7, 11) is 3.30. The fourth-order valence-corrected chi connectivity index (χ4v) is 7.18. The van der Waals surface area contributed by atoms with Crippen LogP contribution in [0.15, 0.2) is 48.5 Å². The predicted octanol–water partition coefficient (Wildman–Crippen LogP) is 7.87. The molecule has 0 saturated carbocycles.